The molecule has 0 saturated carbocycles. The molecule has 98 valence electrons. The molecule has 2 rings (SSSR count). The minimum absolute atomic E-state index is 0.0938. The van der Waals surface area contributed by atoms with Crippen LogP contribution in [0.5, 0.6) is 5.75 Å². The maximum Gasteiger partial charge on any atom is 0.260 e. The van der Waals surface area contributed by atoms with Gasteiger partial charge in [-0.25, -0.2) is 8.78 Å². The number of halogens is 2. The van der Waals surface area contributed by atoms with Gasteiger partial charge in [0.1, 0.15) is 11.4 Å². The van der Waals surface area contributed by atoms with Gasteiger partial charge in [-0.2, -0.15) is 0 Å². The van der Waals surface area contributed by atoms with Crippen LogP contribution in [0.3, 0.4) is 0 Å². The van der Waals surface area contributed by atoms with Gasteiger partial charge in [0.15, 0.2) is 11.6 Å². The number of ether oxygens (including phenoxy) is 1. The summed E-state index contributed by atoms with van der Waals surface area (Å²) in [4.78, 5) is 13.0. The molecule has 0 bridgehead atoms. The smallest absolute Gasteiger partial charge is 0.260 e. The normalized spacial score (nSPS) is 15.4. The Kier molecular flexibility index (Phi) is 3.47. The molecule has 1 aliphatic heterocycles. The lowest BCUT2D eigenvalue weighted by Crippen LogP contribution is -2.53. The van der Waals surface area contributed by atoms with Crippen molar-refractivity contribution < 1.29 is 23.4 Å². The highest BCUT2D eigenvalue weighted by Crippen LogP contribution is 2.25. The molecule has 18 heavy (non-hydrogen) atoms. The first kappa shape index (κ1) is 12.8. The van der Waals surface area contributed by atoms with Crippen molar-refractivity contribution >= 4 is 5.91 Å². The third-order valence-corrected chi connectivity index (χ3v) is 2.72. The Labute approximate surface area is 103 Å². The van der Waals surface area contributed by atoms with Gasteiger partial charge in [0, 0.05) is 13.1 Å². The number of likely N-dealkylation sites (tertiary alicyclic amines) is 1. The van der Waals surface area contributed by atoms with Crippen LogP contribution in [0.4, 0.5) is 8.78 Å². The van der Waals surface area contributed by atoms with Crippen LogP contribution >= 0.6 is 0 Å². The summed E-state index contributed by atoms with van der Waals surface area (Å²) in [5, 5.41) is 9.09. The number of amides is 1. The van der Waals surface area contributed by atoms with Crippen LogP contribution in [0.2, 0.25) is 0 Å². The maximum atomic E-state index is 13.9. The second-order valence-electron chi connectivity index (χ2n) is 4.03. The Morgan fingerprint density at radius 2 is 2.17 bits per heavy atom. The third-order valence-electron chi connectivity index (χ3n) is 2.72. The molecular weight excluding hydrogens is 244 g/mol. The summed E-state index contributed by atoms with van der Waals surface area (Å²) >= 11 is 0. The number of β-amino-alcohol motifs (C(OH)–C–C–N with tert-alkyl or cyclic N) is 1. The first-order chi connectivity index (χ1) is 8.54. The minimum Gasteiger partial charge on any atom is -0.491 e. The predicted molar refractivity (Wildman–Crippen MR) is 59.4 cm³/mol. The van der Waals surface area contributed by atoms with E-state index in [-0.39, 0.29) is 25.4 Å². The summed E-state index contributed by atoms with van der Waals surface area (Å²) in [6.45, 7) is 2.07. The van der Waals surface area contributed by atoms with Crippen LogP contribution in [0, 0.1) is 11.6 Å². The van der Waals surface area contributed by atoms with Gasteiger partial charge in [-0.1, -0.05) is 0 Å². The van der Waals surface area contributed by atoms with Gasteiger partial charge in [-0.15, -0.1) is 0 Å². The van der Waals surface area contributed by atoms with Crippen LogP contribution in [0.1, 0.15) is 17.3 Å². The van der Waals surface area contributed by atoms with Crippen molar-refractivity contribution in [2.75, 3.05) is 19.7 Å². The van der Waals surface area contributed by atoms with E-state index in [0.717, 1.165) is 12.1 Å². The number of aliphatic hydroxyl groups excluding tert-OH is 1. The van der Waals surface area contributed by atoms with Crippen LogP contribution in [0.25, 0.3) is 0 Å². The number of benzene rings is 1. The van der Waals surface area contributed by atoms with Crippen molar-refractivity contribution in [2.45, 2.75) is 13.0 Å². The topological polar surface area (TPSA) is 49.8 Å². The molecule has 4 nitrogen and oxygen atoms in total. The Morgan fingerprint density at radius 3 is 2.72 bits per heavy atom. The van der Waals surface area contributed by atoms with Gasteiger partial charge in [0.05, 0.1) is 12.7 Å². The maximum absolute atomic E-state index is 13.9. The van der Waals surface area contributed by atoms with E-state index in [9.17, 15) is 13.6 Å². The van der Waals surface area contributed by atoms with Gasteiger partial charge < -0.3 is 14.7 Å². The highest BCUT2D eigenvalue weighted by molar-refractivity contribution is 5.95. The molecule has 1 amide bonds. The van der Waals surface area contributed by atoms with Crippen LogP contribution in [-0.4, -0.2) is 41.7 Å². The molecule has 1 N–H and O–H groups in total. The lowest BCUT2D eigenvalue weighted by Gasteiger charge is -2.36. The Morgan fingerprint density at radius 1 is 1.50 bits per heavy atom. The minimum atomic E-state index is -0.997. The third kappa shape index (κ3) is 2.15. The summed E-state index contributed by atoms with van der Waals surface area (Å²) < 4.78 is 32.4. The summed E-state index contributed by atoms with van der Waals surface area (Å²) in [7, 11) is 0. The fourth-order valence-corrected chi connectivity index (χ4v) is 1.78. The van der Waals surface area contributed by atoms with Crippen LogP contribution < -0.4 is 4.74 Å². The van der Waals surface area contributed by atoms with Gasteiger partial charge in [0.25, 0.3) is 5.91 Å². The summed E-state index contributed by atoms with van der Waals surface area (Å²) in [5.74, 6) is -2.84. The van der Waals surface area contributed by atoms with E-state index in [1.165, 1.54) is 4.90 Å². The lowest BCUT2D eigenvalue weighted by atomic mass is 10.1. The first-order valence-electron chi connectivity index (χ1n) is 5.62. The molecule has 0 spiro atoms. The Hall–Kier alpha value is -1.69. The molecule has 0 radical (unpaired) electrons. The number of rotatable bonds is 3. The number of hydrogen-bond acceptors (Lipinski definition) is 3. The van der Waals surface area contributed by atoms with Crippen molar-refractivity contribution in [2.24, 2.45) is 0 Å². The van der Waals surface area contributed by atoms with E-state index < -0.39 is 29.2 Å². The molecule has 1 aromatic carbocycles. The molecule has 1 aromatic rings. The largest absolute Gasteiger partial charge is 0.491 e. The zero-order valence-corrected chi connectivity index (χ0v) is 9.82. The number of hydrogen-bond donors (Lipinski definition) is 1. The van der Waals surface area contributed by atoms with E-state index in [1.807, 2.05) is 0 Å². The number of nitrogens with zero attached hydrogens (tertiary/aromatic N) is 1. The van der Waals surface area contributed by atoms with Gasteiger partial charge in [-0.05, 0) is 19.1 Å². The molecule has 0 aliphatic carbocycles. The van der Waals surface area contributed by atoms with Crippen molar-refractivity contribution in [1.82, 2.24) is 4.90 Å². The summed E-state index contributed by atoms with van der Waals surface area (Å²) in [6.07, 6.45) is -0.616. The van der Waals surface area contributed by atoms with E-state index in [2.05, 4.69) is 0 Å². The fraction of sp³-hybridized carbons (Fsp3) is 0.417. The molecule has 1 heterocycles. The monoisotopic (exact) mass is 257 g/mol. The molecule has 0 aromatic heterocycles. The van der Waals surface area contributed by atoms with Gasteiger partial charge in [-0.3, -0.25) is 4.79 Å². The number of aliphatic hydroxyl groups is 1. The molecule has 1 aliphatic rings. The zero-order chi connectivity index (χ0) is 13.3. The van der Waals surface area contributed by atoms with Crippen LogP contribution in [0.15, 0.2) is 12.1 Å². The fourth-order valence-electron chi connectivity index (χ4n) is 1.78. The average Bonchev–Trinajstić information content (AvgIpc) is 2.29. The molecule has 6 heteroatoms. The molecule has 1 saturated heterocycles. The SMILES string of the molecule is CCOc1ccc(F)c(C(=O)N2CC(O)C2)c1F. The quantitative estimate of drug-likeness (QED) is 0.884. The molecular formula is C12H13F2NO3. The number of carbonyl (C=O) groups is 1. The van der Waals surface area contributed by atoms with Crippen molar-refractivity contribution in [3.63, 3.8) is 0 Å². The van der Waals surface area contributed by atoms with E-state index in [4.69, 9.17) is 9.84 Å². The summed E-state index contributed by atoms with van der Waals surface area (Å²) in [5.41, 5.74) is -0.632. The van der Waals surface area contributed by atoms with Crippen molar-refractivity contribution in [3.8, 4) is 5.75 Å². The predicted octanol–water partition coefficient (Wildman–Crippen LogP) is 1.18. The van der Waals surface area contributed by atoms with E-state index in [0.29, 0.717) is 0 Å². The lowest BCUT2D eigenvalue weighted by molar-refractivity contribution is 0.00521. The van der Waals surface area contributed by atoms with E-state index in [1.54, 1.807) is 6.92 Å². The second-order valence-corrected chi connectivity index (χ2v) is 4.03. The zero-order valence-electron chi connectivity index (χ0n) is 9.82. The molecule has 0 atom stereocenters. The van der Waals surface area contributed by atoms with Crippen LogP contribution in [-0.2, 0) is 0 Å². The first-order valence-corrected chi connectivity index (χ1v) is 5.62. The van der Waals surface area contributed by atoms with Crippen molar-refractivity contribution in [1.29, 1.82) is 0 Å². The van der Waals surface area contributed by atoms with E-state index >= 15 is 0 Å². The van der Waals surface area contributed by atoms with Gasteiger partial charge >= 0.3 is 0 Å². The highest BCUT2D eigenvalue weighted by atomic mass is 19.1. The summed E-state index contributed by atoms with van der Waals surface area (Å²) in [6, 6.07) is 2.15. The standard InChI is InChI=1S/C12H13F2NO3/c1-2-18-9-4-3-8(13)10(11(9)14)12(17)15-5-7(16)6-15/h3-4,7,16H,2,5-6H2,1H3. The molecule has 1 fully saturated rings. The number of carbonyl (C=O) groups excluding carboxylic acids is 1. The molecule has 0 unspecified atom stereocenters. The Balaban J connectivity index is 2.31. The Bertz CT molecular complexity index is 473. The van der Waals surface area contributed by atoms with Crippen molar-refractivity contribution in [3.05, 3.63) is 29.3 Å². The average molecular weight is 257 g/mol. The van der Waals surface area contributed by atoms with Gasteiger partial charge in [0.2, 0.25) is 0 Å². The highest BCUT2D eigenvalue weighted by Gasteiger charge is 2.33. The second kappa shape index (κ2) is 4.89.